The van der Waals surface area contributed by atoms with Crippen LogP contribution in [0.15, 0.2) is 34.7 Å². The average molecular weight is 204 g/mol. The summed E-state index contributed by atoms with van der Waals surface area (Å²) in [5.74, 6) is 0.427. The molecule has 1 atom stereocenters. The van der Waals surface area contributed by atoms with Crippen LogP contribution >= 0.6 is 0 Å². The number of carbonyl (C=O) groups excluding carboxylic acids is 1. The Morgan fingerprint density at radius 3 is 2.87 bits per heavy atom. The van der Waals surface area contributed by atoms with E-state index in [-0.39, 0.29) is 6.42 Å². The second-order valence-corrected chi connectivity index (χ2v) is 3.79. The molecule has 3 heteroatoms. The molecule has 0 aliphatic heterocycles. The van der Waals surface area contributed by atoms with Crippen LogP contribution in [0, 0.1) is 0 Å². The number of rotatable bonds is 3. The van der Waals surface area contributed by atoms with Crippen LogP contribution in [0.5, 0.6) is 0 Å². The number of aliphatic hydroxyl groups is 1. The van der Waals surface area contributed by atoms with E-state index in [1.807, 2.05) is 24.3 Å². The summed E-state index contributed by atoms with van der Waals surface area (Å²) in [4.78, 5) is 10.4. The molecular formula is C12H12O3. The van der Waals surface area contributed by atoms with E-state index in [0.717, 1.165) is 11.0 Å². The first kappa shape index (κ1) is 9.93. The number of hydrogen-bond acceptors (Lipinski definition) is 3. The Bertz CT molecular complexity index is 449. The van der Waals surface area contributed by atoms with E-state index >= 15 is 0 Å². The SMILES string of the molecule is CC(O)(CC=O)c1cc2ccccc2o1. The molecule has 1 unspecified atom stereocenters. The van der Waals surface area contributed by atoms with Crippen LogP contribution in [0.3, 0.4) is 0 Å². The predicted molar refractivity (Wildman–Crippen MR) is 56.5 cm³/mol. The Labute approximate surface area is 87.3 Å². The van der Waals surface area contributed by atoms with Crippen molar-refractivity contribution in [1.29, 1.82) is 0 Å². The van der Waals surface area contributed by atoms with Crippen molar-refractivity contribution in [1.82, 2.24) is 0 Å². The molecular weight excluding hydrogens is 192 g/mol. The molecule has 2 aromatic rings. The van der Waals surface area contributed by atoms with Crippen LogP contribution in [0.25, 0.3) is 11.0 Å². The van der Waals surface area contributed by atoms with Crippen molar-refractivity contribution in [3.05, 3.63) is 36.1 Å². The van der Waals surface area contributed by atoms with Crippen molar-refractivity contribution in [2.45, 2.75) is 18.9 Å². The molecule has 0 saturated carbocycles. The summed E-state index contributed by atoms with van der Waals surface area (Å²) in [5.41, 5.74) is -0.500. The van der Waals surface area contributed by atoms with Gasteiger partial charge in [0.1, 0.15) is 23.2 Å². The molecule has 1 aromatic heterocycles. The van der Waals surface area contributed by atoms with Gasteiger partial charge in [0.2, 0.25) is 0 Å². The van der Waals surface area contributed by atoms with Crippen molar-refractivity contribution in [2.75, 3.05) is 0 Å². The first-order valence-electron chi connectivity index (χ1n) is 4.78. The first-order chi connectivity index (χ1) is 7.13. The Morgan fingerprint density at radius 1 is 1.47 bits per heavy atom. The summed E-state index contributed by atoms with van der Waals surface area (Å²) in [5, 5.41) is 10.9. The Hall–Kier alpha value is -1.61. The second kappa shape index (κ2) is 3.51. The van der Waals surface area contributed by atoms with Crippen LogP contribution in [0.1, 0.15) is 19.1 Å². The second-order valence-electron chi connectivity index (χ2n) is 3.79. The molecule has 0 aliphatic rings. The lowest BCUT2D eigenvalue weighted by Crippen LogP contribution is -2.20. The number of carbonyl (C=O) groups is 1. The van der Waals surface area contributed by atoms with Crippen LogP contribution in [0.4, 0.5) is 0 Å². The minimum absolute atomic E-state index is 0.0345. The normalized spacial score (nSPS) is 15.1. The van der Waals surface area contributed by atoms with Gasteiger partial charge in [0.25, 0.3) is 0 Å². The van der Waals surface area contributed by atoms with E-state index in [1.54, 1.807) is 13.0 Å². The molecule has 0 aliphatic carbocycles. The van der Waals surface area contributed by atoms with Gasteiger partial charge in [-0.2, -0.15) is 0 Å². The van der Waals surface area contributed by atoms with Gasteiger partial charge in [-0.05, 0) is 19.1 Å². The molecule has 1 N–H and O–H groups in total. The fraction of sp³-hybridized carbons (Fsp3) is 0.250. The maximum atomic E-state index is 10.4. The number of furan rings is 1. The summed E-state index contributed by atoms with van der Waals surface area (Å²) >= 11 is 0. The monoisotopic (exact) mass is 204 g/mol. The van der Waals surface area contributed by atoms with Gasteiger partial charge in [-0.1, -0.05) is 18.2 Å². The molecule has 0 spiro atoms. The van der Waals surface area contributed by atoms with Crippen LogP contribution in [0.2, 0.25) is 0 Å². The summed E-state index contributed by atoms with van der Waals surface area (Å²) in [6.45, 7) is 1.57. The molecule has 1 aromatic carbocycles. The van der Waals surface area contributed by atoms with Gasteiger partial charge < -0.3 is 14.3 Å². The molecule has 1 heterocycles. The van der Waals surface area contributed by atoms with E-state index in [4.69, 9.17) is 4.42 Å². The van der Waals surface area contributed by atoms with E-state index in [2.05, 4.69) is 0 Å². The zero-order valence-corrected chi connectivity index (χ0v) is 8.43. The molecule has 0 amide bonds. The van der Waals surface area contributed by atoms with Gasteiger partial charge >= 0.3 is 0 Å². The number of para-hydroxylation sites is 1. The maximum Gasteiger partial charge on any atom is 0.137 e. The Balaban J connectivity index is 2.48. The Morgan fingerprint density at radius 2 is 2.20 bits per heavy atom. The molecule has 0 radical (unpaired) electrons. The highest BCUT2D eigenvalue weighted by Crippen LogP contribution is 2.29. The van der Waals surface area contributed by atoms with Gasteiger partial charge in [-0.15, -0.1) is 0 Å². The third-order valence-electron chi connectivity index (χ3n) is 2.44. The standard InChI is InChI=1S/C12H12O3/c1-12(14,6-7-13)11-8-9-4-2-3-5-10(9)15-11/h2-5,7-8,14H,6H2,1H3. The van der Waals surface area contributed by atoms with Gasteiger partial charge in [0.05, 0.1) is 0 Å². The zero-order chi connectivity index (χ0) is 10.9. The fourth-order valence-corrected chi connectivity index (χ4v) is 1.51. The molecule has 2 rings (SSSR count). The highest BCUT2D eigenvalue weighted by atomic mass is 16.4. The fourth-order valence-electron chi connectivity index (χ4n) is 1.51. The highest BCUT2D eigenvalue weighted by Gasteiger charge is 2.26. The Kier molecular flexibility index (Phi) is 2.32. The van der Waals surface area contributed by atoms with Gasteiger partial charge in [-0.25, -0.2) is 0 Å². The van der Waals surface area contributed by atoms with Crippen molar-refractivity contribution in [3.8, 4) is 0 Å². The lowest BCUT2D eigenvalue weighted by atomic mass is 10.00. The predicted octanol–water partition coefficient (Wildman–Crippen LogP) is 2.23. The number of aldehydes is 1. The molecule has 0 saturated heterocycles. The molecule has 78 valence electrons. The van der Waals surface area contributed by atoms with Crippen molar-refractivity contribution in [2.24, 2.45) is 0 Å². The molecule has 0 bridgehead atoms. The summed E-state index contributed by atoms with van der Waals surface area (Å²) in [6, 6.07) is 9.26. The third kappa shape index (κ3) is 1.78. The number of benzene rings is 1. The van der Waals surface area contributed by atoms with Crippen LogP contribution in [-0.2, 0) is 10.4 Å². The minimum Gasteiger partial charge on any atom is -0.458 e. The first-order valence-corrected chi connectivity index (χ1v) is 4.78. The number of hydrogen-bond donors (Lipinski definition) is 1. The molecule has 0 fully saturated rings. The van der Waals surface area contributed by atoms with E-state index in [9.17, 15) is 9.90 Å². The largest absolute Gasteiger partial charge is 0.458 e. The topological polar surface area (TPSA) is 50.4 Å². The van der Waals surface area contributed by atoms with Gasteiger partial charge in [0.15, 0.2) is 0 Å². The van der Waals surface area contributed by atoms with E-state index in [1.165, 1.54) is 0 Å². The van der Waals surface area contributed by atoms with Crippen molar-refractivity contribution >= 4 is 17.3 Å². The quantitative estimate of drug-likeness (QED) is 0.780. The van der Waals surface area contributed by atoms with Gasteiger partial charge in [-0.3, -0.25) is 0 Å². The molecule has 15 heavy (non-hydrogen) atoms. The zero-order valence-electron chi connectivity index (χ0n) is 8.43. The smallest absolute Gasteiger partial charge is 0.137 e. The lowest BCUT2D eigenvalue weighted by molar-refractivity contribution is -0.112. The van der Waals surface area contributed by atoms with E-state index in [0.29, 0.717) is 12.0 Å². The lowest BCUT2D eigenvalue weighted by Gasteiger charge is -2.16. The van der Waals surface area contributed by atoms with E-state index < -0.39 is 5.60 Å². The summed E-state index contributed by atoms with van der Waals surface area (Å²) in [7, 11) is 0. The maximum absolute atomic E-state index is 10.4. The molecule has 3 nitrogen and oxygen atoms in total. The summed E-state index contributed by atoms with van der Waals surface area (Å²) < 4.78 is 5.48. The van der Waals surface area contributed by atoms with Gasteiger partial charge in [0, 0.05) is 11.8 Å². The highest BCUT2D eigenvalue weighted by molar-refractivity contribution is 5.78. The minimum atomic E-state index is -1.22. The van der Waals surface area contributed by atoms with Crippen LogP contribution < -0.4 is 0 Å². The van der Waals surface area contributed by atoms with Crippen LogP contribution in [-0.4, -0.2) is 11.4 Å². The van der Waals surface area contributed by atoms with Crippen molar-refractivity contribution in [3.63, 3.8) is 0 Å². The average Bonchev–Trinajstić information content (AvgIpc) is 2.61. The summed E-state index contributed by atoms with van der Waals surface area (Å²) in [6.07, 6.45) is 0.722. The van der Waals surface area contributed by atoms with Crippen molar-refractivity contribution < 1.29 is 14.3 Å². The number of fused-ring (bicyclic) bond motifs is 1. The third-order valence-corrected chi connectivity index (χ3v) is 2.44.